The Hall–Kier alpha value is -2.32. The zero-order valence-corrected chi connectivity index (χ0v) is 48.5. The van der Waals surface area contributed by atoms with E-state index in [2.05, 4.69) is 92.1 Å². The standard InChI is InChI=1S/C63H115N2O6P/c1-6-8-10-12-14-16-18-20-22-24-26-28-30-31-32-33-35-36-38-40-42-44-46-48-50-52-54-56-62(66)61(60-71-72(68,69)70-59-58-65(3,4)5)64-63(67)57-55-53-51-49-47-45-43-41-39-37-34-29-27-25-23-21-19-17-15-13-11-9-7-2/h9,11,15,17,21,23,27,29,37,39,46,48,54,56,61-62,66H,6-8,10,12-14,16,18-20,22,24-26,28,30-36,38,40-45,47,49-53,55,57-60H2,1-5H3,(H-,64,67,68,69)/p+1/b11-9-,17-15-,23-21-,29-27-,39-37-,48-46+,56-54+. The molecule has 0 aliphatic rings. The van der Waals surface area contributed by atoms with E-state index >= 15 is 0 Å². The van der Waals surface area contributed by atoms with Gasteiger partial charge in [-0.15, -0.1) is 0 Å². The normalized spacial score (nSPS) is 14.5. The molecule has 0 fully saturated rings. The summed E-state index contributed by atoms with van der Waals surface area (Å²) < 4.78 is 23.7. The predicted octanol–water partition coefficient (Wildman–Crippen LogP) is 18.4. The molecule has 0 bridgehead atoms. The lowest BCUT2D eigenvalue weighted by atomic mass is 10.0. The number of likely N-dealkylation sites (N-methyl/N-ethyl adjacent to an activating group) is 1. The second-order valence-corrected chi connectivity index (χ2v) is 22.8. The van der Waals surface area contributed by atoms with Gasteiger partial charge in [-0.1, -0.05) is 259 Å². The summed E-state index contributed by atoms with van der Waals surface area (Å²) in [6.45, 7) is 4.69. The number of rotatable bonds is 54. The molecule has 0 saturated heterocycles. The van der Waals surface area contributed by atoms with Crippen LogP contribution in [0.5, 0.6) is 0 Å². The van der Waals surface area contributed by atoms with Gasteiger partial charge in [-0.2, -0.15) is 0 Å². The van der Waals surface area contributed by atoms with Crippen LogP contribution in [0.3, 0.4) is 0 Å². The van der Waals surface area contributed by atoms with Crippen molar-refractivity contribution in [3.8, 4) is 0 Å². The fraction of sp³-hybridized carbons (Fsp3) is 0.762. The molecule has 0 spiro atoms. The number of aliphatic hydroxyl groups excluding tert-OH is 1. The van der Waals surface area contributed by atoms with Gasteiger partial charge >= 0.3 is 7.82 Å². The number of hydrogen-bond acceptors (Lipinski definition) is 5. The summed E-state index contributed by atoms with van der Waals surface area (Å²) in [6, 6.07) is -0.876. The number of quaternary nitrogens is 1. The lowest BCUT2D eigenvalue weighted by molar-refractivity contribution is -0.870. The van der Waals surface area contributed by atoms with E-state index in [1.165, 1.54) is 154 Å². The first kappa shape index (κ1) is 69.7. The Morgan fingerprint density at radius 1 is 0.486 bits per heavy atom. The Labute approximate surface area is 446 Å². The third-order valence-electron chi connectivity index (χ3n) is 13.1. The average molecular weight is 1030 g/mol. The Morgan fingerprint density at radius 2 is 0.847 bits per heavy atom. The van der Waals surface area contributed by atoms with Gasteiger partial charge in [0.15, 0.2) is 0 Å². The van der Waals surface area contributed by atoms with Crippen LogP contribution in [-0.4, -0.2) is 73.4 Å². The van der Waals surface area contributed by atoms with E-state index in [1.54, 1.807) is 6.08 Å². The minimum Gasteiger partial charge on any atom is -0.387 e. The molecule has 3 N–H and O–H groups in total. The number of nitrogens with zero attached hydrogens (tertiary/aromatic N) is 1. The van der Waals surface area contributed by atoms with E-state index in [0.29, 0.717) is 17.4 Å². The Bertz CT molecular complexity index is 1450. The molecule has 8 nitrogen and oxygen atoms in total. The Morgan fingerprint density at radius 3 is 1.28 bits per heavy atom. The SMILES string of the molecule is CC/C=C\C/C=C\C/C=C\C/C=C\C/C=C\CCCCCCCCCC(=O)NC(COP(=O)(O)OCC[N+](C)(C)C)C(O)/C=C/CC/C=C/CCCCCCCCCCCCCCCCCCCCCCC. The van der Waals surface area contributed by atoms with Gasteiger partial charge in [-0.05, 0) is 77.0 Å². The van der Waals surface area contributed by atoms with Gasteiger partial charge < -0.3 is 19.8 Å². The number of phosphoric ester groups is 1. The van der Waals surface area contributed by atoms with E-state index in [1.807, 2.05) is 27.2 Å². The first-order valence-electron chi connectivity index (χ1n) is 30.0. The molecule has 0 radical (unpaired) electrons. The molecule has 3 unspecified atom stereocenters. The molecule has 418 valence electrons. The predicted molar refractivity (Wildman–Crippen MR) is 313 cm³/mol. The maximum Gasteiger partial charge on any atom is 0.472 e. The van der Waals surface area contributed by atoms with Crippen LogP contribution >= 0.6 is 7.82 Å². The highest BCUT2D eigenvalue weighted by atomic mass is 31.2. The second kappa shape index (κ2) is 53.5. The molecule has 1 amide bonds. The van der Waals surface area contributed by atoms with Crippen molar-refractivity contribution in [1.29, 1.82) is 0 Å². The first-order chi connectivity index (χ1) is 35.0. The van der Waals surface area contributed by atoms with Crippen molar-refractivity contribution in [2.24, 2.45) is 0 Å². The number of allylic oxidation sites excluding steroid dienone is 13. The number of unbranched alkanes of at least 4 members (excludes halogenated alkanes) is 29. The minimum atomic E-state index is -4.37. The molecule has 9 heteroatoms. The molecular weight excluding hydrogens is 912 g/mol. The van der Waals surface area contributed by atoms with Gasteiger partial charge in [0.05, 0.1) is 39.9 Å². The summed E-state index contributed by atoms with van der Waals surface area (Å²) in [5.41, 5.74) is 0. The summed E-state index contributed by atoms with van der Waals surface area (Å²) >= 11 is 0. The second-order valence-electron chi connectivity index (χ2n) is 21.3. The number of amides is 1. The van der Waals surface area contributed by atoms with E-state index in [-0.39, 0.29) is 19.1 Å². The molecular formula is C63H116N2O6P+. The molecule has 72 heavy (non-hydrogen) atoms. The first-order valence-corrected chi connectivity index (χ1v) is 31.5. The van der Waals surface area contributed by atoms with Crippen LogP contribution in [0.1, 0.15) is 258 Å². The monoisotopic (exact) mass is 1030 g/mol. The van der Waals surface area contributed by atoms with Gasteiger partial charge in [-0.25, -0.2) is 4.57 Å². The van der Waals surface area contributed by atoms with Gasteiger partial charge in [0.1, 0.15) is 13.2 Å². The van der Waals surface area contributed by atoms with Crippen LogP contribution in [0.4, 0.5) is 0 Å². The summed E-state index contributed by atoms with van der Waals surface area (Å²) in [4.78, 5) is 23.3. The average Bonchev–Trinajstić information content (AvgIpc) is 3.34. The zero-order chi connectivity index (χ0) is 52.7. The number of carbonyl (C=O) groups is 1. The van der Waals surface area contributed by atoms with Gasteiger partial charge in [0.25, 0.3) is 0 Å². The molecule has 0 aromatic carbocycles. The molecule has 0 aromatic heterocycles. The van der Waals surface area contributed by atoms with E-state index < -0.39 is 20.0 Å². The summed E-state index contributed by atoms with van der Waals surface area (Å²) in [5, 5.41) is 13.9. The number of phosphoric acid groups is 1. The highest BCUT2D eigenvalue weighted by Gasteiger charge is 2.27. The number of aliphatic hydroxyl groups is 1. The van der Waals surface area contributed by atoms with Crippen LogP contribution in [0.2, 0.25) is 0 Å². The fourth-order valence-corrected chi connectivity index (χ4v) is 9.17. The third-order valence-corrected chi connectivity index (χ3v) is 14.1. The van der Waals surface area contributed by atoms with Crippen molar-refractivity contribution in [2.45, 2.75) is 270 Å². The number of nitrogens with one attached hydrogen (secondary N) is 1. The molecule has 0 aliphatic carbocycles. The Kier molecular flexibility index (Phi) is 51.8. The molecule has 0 rings (SSSR count). The quantitative estimate of drug-likeness (QED) is 0.0243. The van der Waals surface area contributed by atoms with E-state index in [9.17, 15) is 19.4 Å². The van der Waals surface area contributed by atoms with E-state index in [4.69, 9.17) is 9.05 Å². The highest BCUT2D eigenvalue weighted by Crippen LogP contribution is 2.43. The van der Waals surface area contributed by atoms with Crippen LogP contribution in [-0.2, 0) is 18.4 Å². The molecule has 0 aliphatic heterocycles. The molecule has 0 saturated carbocycles. The molecule has 0 heterocycles. The van der Waals surface area contributed by atoms with Crippen molar-refractivity contribution < 1.29 is 32.9 Å². The van der Waals surface area contributed by atoms with Crippen LogP contribution < -0.4 is 5.32 Å². The van der Waals surface area contributed by atoms with Crippen LogP contribution in [0.15, 0.2) is 85.1 Å². The third kappa shape index (κ3) is 55.4. The number of carbonyl (C=O) groups excluding carboxylic acids is 1. The number of hydrogen-bond donors (Lipinski definition) is 3. The summed E-state index contributed by atoms with van der Waals surface area (Å²) in [5.74, 6) is -0.199. The summed E-state index contributed by atoms with van der Waals surface area (Å²) in [6.07, 6.45) is 75.5. The largest absolute Gasteiger partial charge is 0.472 e. The van der Waals surface area contributed by atoms with Crippen molar-refractivity contribution in [2.75, 3.05) is 40.9 Å². The lowest BCUT2D eigenvalue weighted by Crippen LogP contribution is -2.45. The maximum atomic E-state index is 13.0. The maximum absolute atomic E-state index is 13.0. The summed E-state index contributed by atoms with van der Waals surface area (Å²) in [7, 11) is 1.54. The zero-order valence-electron chi connectivity index (χ0n) is 47.7. The van der Waals surface area contributed by atoms with Crippen molar-refractivity contribution >= 4 is 13.7 Å². The van der Waals surface area contributed by atoms with Crippen molar-refractivity contribution in [3.63, 3.8) is 0 Å². The smallest absolute Gasteiger partial charge is 0.387 e. The van der Waals surface area contributed by atoms with Gasteiger partial charge in [0, 0.05) is 6.42 Å². The minimum absolute atomic E-state index is 0.0498. The van der Waals surface area contributed by atoms with E-state index in [0.717, 1.165) is 83.5 Å². The van der Waals surface area contributed by atoms with Crippen LogP contribution in [0.25, 0.3) is 0 Å². The topological polar surface area (TPSA) is 105 Å². The van der Waals surface area contributed by atoms with Crippen molar-refractivity contribution in [3.05, 3.63) is 85.1 Å². The van der Waals surface area contributed by atoms with Crippen molar-refractivity contribution in [1.82, 2.24) is 5.32 Å². The molecule has 0 aromatic rings. The highest BCUT2D eigenvalue weighted by molar-refractivity contribution is 7.47. The van der Waals surface area contributed by atoms with Gasteiger partial charge in [-0.3, -0.25) is 13.8 Å². The fourth-order valence-electron chi connectivity index (χ4n) is 8.44. The molecule has 3 atom stereocenters. The van der Waals surface area contributed by atoms with Gasteiger partial charge in [0.2, 0.25) is 5.91 Å². The lowest BCUT2D eigenvalue weighted by Gasteiger charge is -2.25. The Balaban J connectivity index is 4.27. The van der Waals surface area contributed by atoms with Crippen LogP contribution in [0, 0.1) is 0 Å².